The average Bonchev–Trinajstić information content (AvgIpc) is 2.32. The van der Waals surface area contributed by atoms with Gasteiger partial charge in [0.2, 0.25) is 0 Å². The van der Waals surface area contributed by atoms with Gasteiger partial charge in [-0.1, -0.05) is 17.4 Å². The lowest BCUT2D eigenvalue weighted by Gasteiger charge is -2.09. The van der Waals surface area contributed by atoms with Crippen LogP contribution in [0, 0.1) is 5.92 Å². The quantitative estimate of drug-likeness (QED) is 0.266. The summed E-state index contributed by atoms with van der Waals surface area (Å²) in [6.07, 6.45) is 1.91. The fraction of sp³-hybridized carbons (Fsp3) is 1.00. The van der Waals surface area contributed by atoms with Gasteiger partial charge in [-0.3, -0.25) is 0 Å². The van der Waals surface area contributed by atoms with E-state index in [4.69, 9.17) is 10.6 Å². The molecule has 0 radical (unpaired) electrons. The summed E-state index contributed by atoms with van der Waals surface area (Å²) in [6.45, 7) is 0.147. The Balaban J connectivity index is 2.56. The van der Waals surface area contributed by atoms with Crippen molar-refractivity contribution in [2.24, 2.45) is 11.0 Å². The number of rotatable bonds is 2. The fourth-order valence-electron chi connectivity index (χ4n) is 1.78. The summed E-state index contributed by atoms with van der Waals surface area (Å²) in [7, 11) is 2.12. The predicted molar refractivity (Wildman–Crippen MR) is 45.0 cm³/mol. The van der Waals surface area contributed by atoms with Gasteiger partial charge < -0.3 is 5.11 Å². The summed E-state index contributed by atoms with van der Waals surface area (Å²) in [6, 6.07) is 0.0278. The molecule has 1 rings (SSSR count). The Labute approximate surface area is 66.6 Å². The molecule has 0 spiro atoms. The molecule has 0 amide bonds. The highest BCUT2D eigenvalue weighted by Crippen LogP contribution is 2.35. The molecule has 1 aliphatic rings. The lowest BCUT2D eigenvalue weighted by molar-refractivity contribution is 0.218. The van der Waals surface area contributed by atoms with Gasteiger partial charge in [0.15, 0.2) is 0 Å². The van der Waals surface area contributed by atoms with Crippen LogP contribution in [-0.4, -0.2) is 25.6 Å². The lowest BCUT2D eigenvalue weighted by Crippen LogP contribution is -2.14. The van der Waals surface area contributed by atoms with Crippen LogP contribution in [0.25, 0.3) is 10.4 Å². The fourth-order valence-corrected chi connectivity index (χ4v) is 1.78. The second kappa shape index (κ2) is 3.65. The maximum absolute atomic E-state index is 8.90. The van der Waals surface area contributed by atoms with Gasteiger partial charge in [0.1, 0.15) is 7.85 Å². The third kappa shape index (κ3) is 1.88. The van der Waals surface area contributed by atoms with Gasteiger partial charge in [0.05, 0.1) is 0 Å². The molecule has 0 aromatic carbocycles. The Hall–Kier alpha value is -0.665. The molecule has 1 aliphatic carbocycles. The van der Waals surface area contributed by atoms with Gasteiger partial charge in [0, 0.05) is 17.6 Å². The number of azide groups is 1. The molecule has 1 fully saturated rings. The Morgan fingerprint density at radius 1 is 1.64 bits per heavy atom. The van der Waals surface area contributed by atoms with Crippen LogP contribution in [0.1, 0.15) is 12.8 Å². The van der Waals surface area contributed by atoms with Crippen molar-refractivity contribution >= 4 is 7.85 Å². The molecule has 3 atom stereocenters. The summed E-state index contributed by atoms with van der Waals surface area (Å²) in [5.41, 5.74) is 8.20. The van der Waals surface area contributed by atoms with Gasteiger partial charge >= 0.3 is 0 Å². The van der Waals surface area contributed by atoms with Crippen LogP contribution in [0.5, 0.6) is 0 Å². The van der Waals surface area contributed by atoms with E-state index in [-0.39, 0.29) is 18.6 Å². The van der Waals surface area contributed by atoms with Crippen LogP contribution in [0.4, 0.5) is 0 Å². The van der Waals surface area contributed by atoms with Gasteiger partial charge in [-0.2, -0.15) is 0 Å². The smallest absolute Gasteiger partial charge is 0.105 e. The SMILES string of the molecule is BC1CC(CO)C(N=[N+]=[N-])C1. The number of aliphatic hydroxyl groups excluding tert-OH is 1. The minimum absolute atomic E-state index is 0.0278. The monoisotopic (exact) mass is 153 g/mol. The van der Waals surface area contributed by atoms with E-state index in [1.807, 2.05) is 0 Å². The Morgan fingerprint density at radius 2 is 2.36 bits per heavy atom. The molecule has 0 aromatic heterocycles. The molecule has 4 nitrogen and oxygen atoms in total. The topological polar surface area (TPSA) is 69.0 Å². The van der Waals surface area contributed by atoms with Crippen molar-refractivity contribution in [3.05, 3.63) is 10.4 Å². The van der Waals surface area contributed by atoms with E-state index < -0.39 is 0 Å². The molecule has 0 saturated heterocycles. The summed E-state index contributed by atoms with van der Waals surface area (Å²) < 4.78 is 0. The number of hydrogen-bond acceptors (Lipinski definition) is 2. The van der Waals surface area contributed by atoms with E-state index in [1.54, 1.807) is 0 Å². The van der Waals surface area contributed by atoms with E-state index in [0.29, 0.717) is 5.82 Å². The first-order valence-corrected chi connectivity index (χ1v) is 3.93. The molecule has 0 heterocycles. The zero-order chi connectivity index (χ0) is 8.27. The molecule has 0 bridgehead atoms. The molecular weight excluding hydrogens is 141 g/mol. The van der Waals surface area contributed by atoms with Crippen molar-refractivity contribution in [3.63, 3.8) is 0 Å². The molecular formula is C6H12BN3O. The summed E-state index contributed by atoms with van der Waals surface area (Å²) in [5.74, 6) is 0.781. The summed E-state index contributed by atoms with van der Waals surface area (Å²) in [5, 5.41) is 12.5. The highest BCUT2D eigenvalue weighted by atomic mass is 16.3. The van der Waals surface area contributed by atoms with Gasteiger partial charge in [0.25, 0.3) is 0 Å². The normalized spacial score (nSPS) is 36.6. The molecule has 1 N–H and O–H groups in total. The van der Waals surface area contributed by atoms with Crippen LogP contribution < -0.4 is 0 Å². The third-order valence-corrected chi connectivity index (χ3v) is 2.33. The van der Waals surface area contributed by atoms with Crippen LogP contribution in [-0.2, 0) is 0 Å². The van der Waals surface area contributed by atoms with E-state index in [2.05, 4.69) is 17.9 Å². The molecule has 1 saturated carbocycles. The summed E-state index contributed by atoms with van der Waals surface area (Å²) >= 11 is 0. The minimum atomic E-state index is 0.0278. The van der Waals surface area contributed by atoms with E-state index in [9.17, 15) is 0 Å². The first kappa shape index (κ1) is 8.43. The highest BCUT2D eigenvalue weighted by molar-refractivity contribution is 6.11. The van der Waals surface area contributed by atoms with Crippen LogP contribution in [0.2, 0.25) is 5.82 Å². The minimum Gasteiger partial charge on any atom is -0.396 e. The second-order valence-corrected chi connectivity index (χ2v) is 3.29. The highest BCUT2D eigenvalue weighted by Gasteiger charge is 2.30. The average molecular weight is 153 g/mol. The number of nitrogens with zero attached hydrogens (tertiary/aromatic N) is 3. The maximum atomic E-state index is 8.90. The molecule has 0 aromatic rings. The molecule has 3 unspecified atom stereocenters. The van der Waals surface area contributed by atoms with Crippen LogP contribution in [0.15, 0.2) is 5.11 Å². The van der Waals surface area contributed by atoms with Crippen LogP contribution in [0.3, 0.4) is 0 Å². The number of aliphatic hydroxyl groups is 1. The molecule has 5 heteroatoms. The molecule has 11 heavy (non-hydrogen) atoms. The van der Waals surface area contributed by atoms with Gasteiger partial charge in [-0.25, -0.2) is 0 Å². The van der Waals surface area contributed by atoms with Crippen LogP contribution >= 0.6 is 0 Å². The molecule has 60 valence electrons. The Morgan fingerprint density at radius 3 is 2.91 bits per heavy atom. The van der Waals surface area contributed by atoms with Crippen molar-refractivity contribution < 1.29 is 5.11 Å². The zero-order valence-corrected chi connectivity index (χ0v) is 6.64. The van der Waals surface area contributed by atoms with Crippen molar-refractivity contribution in [2.75, 3.05) is 6.61 Å². The van der Waals surface area contributed by atoms with Crippen molar-refractivity contribution in [1.82, 2.24) is 0 Å². The van der Waals surface area contributed by atoms with Crippen molar-refractivity contribution in [1.29, 1.82) is 0 Å². The third-order valence-electron chi connectivity index (χ3n) is 2.33. The van der Waals surface area contributed by atoms with Crippen molar-refractivity contribution in [2.45, 2.75) is 24.7 Å². The first-order valence-electron chi connectivity index (χ1n) is 3.93. The standard InChI is InChI=1S/C6H12BN3O/c7-5-1-4(3-11)6(2-5)9-10-8/h4-6,11H,1-3,7H2. The lowest BCUT2D eigenvalue weighted by atomic mass is 9.85. The van der Waals surface area contributed by atoms with E-state index in [1.165, 1.54) is 0 Å². The molecule has 0 aliphatic heterocycles. The van der Waals surface area contributed by atoms with Gasteiger partial charge in [-0.05, 0) is 17.9 Å². The Bertz CT molecular complexity index is 181. The first-order chi connectivity index (χ1) is 5.27. The van der Waals surface area contributed by atoms with E-state index in [0.717, 1.165) is 12.8 Å². The largest absolute Gasteiger partial charge is 0.396 e. The number of hydrogen-bond donors (Lipinski definition) is 1. The second-order valence-electron chi connectivity index (χ2n) is 3.29. The van der Waals surface area contributed by atoms with Gasteiger partial charge in [-0.15, -0.1) is 0 Å². The van der Waals surface area contributed by atoms with Crippen molar-refractivity contribution in [3.8, 4) is 0 Å². The zero-order valence-electron chi connectivity index (χ0n) is 6.64. The predicted octanol–water partition coefficient (Wildman–Crippen LogP) is 0.489. The Kier molecular flexibility index (Phi) is 2.80. The van der Waals surface area contributed by atoms with E-state index >= 15 is 0 Å². The maximum Gasteiger partial charge on any atom is 0.105 e. The summed E-state index contributed by atoms with van der Waals surface area (Å²) in [4.78, 5) is 2.76.